The van der Waals surface area contributed by atoms with Crippen molar-refractivity contribution >= 4 is 29.1 Å². The molecular formula is C24H22N2O3. The Morgan fingerprint density at radius 3 is 2.17 bits per heavy atom. The summed E-state index contributed by atoms with van der Waals surface area (Å²) in [5, 5.41) is 2.93. The SMILES string of the molecule is Cc1ccc(C)c(NC(=O)c2ccc(N3C(=O)[C@@H]4[C@H](C3=O)[C@@H]3C=C[C@H]4C3)cc2)c1. The first-order valence-electron chi connectivity index (χ1n) is 9.99. The average molecular weight is 386 g/mol. The van der Waals surface area contributed by atoms with Crippen molar-refractivity contribution in [1.29, 1.82) is 0 Å². The Morgan fingerprint density at radius 1 is 0.931 bits per heavy atom. The van der Waals surface area contributed by atoms with Gasteiger partial charge in [-0.05, 0) is 73.6 Å². The van der Waals surface area contributed by atoms with Crippen molar-refractivity contribution in [1.82, 2.24) is 0 Å². The first kappa shape index (κ1) is 17.9. The molecule has 4 atom stereocenters. The molecule has 29 heavy (non-hydrogen) atoms. The predicted octanol–water partition coefficient (Wildman–Crippen LogP) is 3.87. The van der Waals surface area contributed by atoms with Crippen LogP contribution in [0.2, 0.25) is 0 Å². The molecule has 2 fully saturated rings. The third-order valence-electron chi connectivity index (χ3n) is 6.50. The van der Waals surface area contributed by atoms with Gasteiger partial charge in [-0.1, -0.05) is 24.3 Å². The Labute approximate surface area is 169 Å². The number of carbonyl (C=O) groups is 3. The molecule has 5 nitrogen and oxygen atoms in total. The van der Waals surface area contributed by atoms with Crippen molar-refractivity contribution in [3.05, 3.63) is 71.3 Å². The zero-order valence-corrected chi connectivity index (χ0v) is 16.4. The number of nitrogens with zero attached hydrogens (tertiary/aromatic N) is 1. The van der Waals surface area contributed by atoms with Crippen LogP contribution in [0.1, 0.15) is 27.9 Å². The van der Waals surface area contributed by atoms with Crippen LogP contribution < -0.4 is 10.2 Å². The minimum atomic E-state index is -0.219. The number of amides is 3. The van der Waals surface area contributed by atoms with E-state index >= 15 is 0 Å². The highest BCUT2D eigenvalue weighted by Gasteiger charge is 2.59. The van der Waals surface area contributed by atoms with E-state index in [9.17, 15) is 14.4 Å². The molecule has 2 bridgehead atoms. The second-order valence-electron chi connectivity index (χ2n) is 8.33. The quantitative estimate of drug-likeness (QED) is 0.643. The van der Waals surface area contributed by atoms with Crippen LogP contribution in [0.3, 0.4) is 0 Å². The molecule has 1 heterocycles. The topological polar surface area (TPSA) is 66.5 Å². The number of nitrogens with one attached hydrogen (secondary N) is 1. The highest BCUT2D eigenvalue weighted by molar-refractivity contribution is 6.23. The molecule has 0 radical (unpaired) electrons. The van der Waals surface area contributed by atoms with Crippen LogP contribution in [0.25, 0.3) is 0 Å². The average Bonchev–Trinajstić information content (AvgIpc) is 3.39. The molecule has 1 N–H and O–H groups in total. The number of hydrogen-bond acceptors (Lipinski definition) is 3. The summed E-state index contributed by atoms with van der Waals surface area (Å²) in [6.45, 7) is 3.92. The van der Waals surface area contributed by atoms with Gasteiger partial charge < -0.3 is 5.32 Å². The zero-order valence-electron chi connectivity index (χ0n) is 16.4. The highest BCUT2D eigenvalue weighted by Crippen LogP contribution is 2.53. The van der Waals surface area contributed by atoms with E-state index in [1.165, 1.54) is 4.90 Å². The normalized spacial score (nSPS) is 26.9. The van der Waals surface area contributed by atoms with E-state index in [-0.39, 0.29) is 41.4 Å². The molecule has 3 aliphatic rings. The fourth-order valence-electron chi connectivity index (χ4n) is 4.98. The molecule has 2 aliphatic carbocycles. The predicted molar refractivity (Wildman–Crippen MR) is 111 cm³/mol. The molecule has 2 aromatic rings. The lowest BCUT2D eigenvalue weighted by Gasteiger charge is -2.17. The van der Waals surface area contributed by atoms with E-state index in [1.807, 2.05) is 32.0 Å². The number of aryl methyl sites for hydroxylation is 2. The first-order chi connectivity index (χ1) is 13.9. The molecule has 3 amide bonds. The standard InChI is InChI=1S/C24H22N2O3/c1-13-3-4-14(2)19(11-13)25-22(27)15-7-9-18(10-8-15)26-23(28)20-16-5-6-17(12-16)21(20)24(26)29/h3-11,16-17,20-21H,12H2,1-2H3,(H,25,27)/t16-,17+,20-,21+. The van der Waals surface area contributed by atoms with Gasteiger partial charge in [-0.3, -0.25) is 19.3 Å². The molecule has 146 valence electrons. The molecule has 0 spiro atoms. The molecular weight excluding hydrogens is 364 g/mol. The second-order valence-corrected chi connectivity index (χ2v) is 8.33. The number of imide groups is 1. The van der Waals surface area contributed by atoms with E-state index in [1.54, 1.807) is 24.3 Å². The van der Waals surface area contributed by atoms with Crippen molar-refractivity contribution in [2.45, 2.75) is 20.3 Å². The molecule has 0 aromatic heterocycles. The van der Waals surface area contributed by atoms with Crippen LogP contribution in [-0.4, -0.2) is 17.7 Å². The van der Waals surface area contributed by atoms with Gasteiger partial charge in [-0.15, -0.1) is 0 Å². The molecule has 5 heteroatoms. The number of rotatable bonds is 3. The van der Waals surface area contributed by atoms with E-state index in [2.05, 4.69) is 17.5 Å². The maximum atomic E-state index is 12.9. The van der Waals surface area contributed by atoms with E-state index in [0.29, 0.717) is 11.3 Å². The van der Waals surface area contributed by atoms with Gasteiger partial charge in [0.1, 0.15) is 0 Å². The van der Waals surface area contributed by atoms with E-state index in [4.69, 9.17) is 0 Å². The summed E-state index contributed by atoms with van der Waals surface area (Å²) in [6.07, 6.45) is 5.08. The smallest absolute Gasteiger partial charge is 0.255 e. The number of fused-ring (bicyclic) bond motifs is 5. The first-order valence-corrected chi connectivity index (χ1v) is 9.99. The second kappa shape index (κ2) is 6.41. The van der Waals surface area contributed by atoms with Crippen molar-refractivity contribution in [2.75, 3.05) is 10.2 Å². The number of carbonyl (C=O) groups excluding carboxylic acids is 3. The van der Waals surface area contributed by atoms with E-state index < -0.39 is 0 Å². The highest BCUT2D eigenvalue weighted by atomic mass is 16.2. The van der Waals surface area contributed by atoms with Gasteiger partial charge in [0.05, 0.1) is 17.5 Å². The Balaban J connectivity index is 1.36. The van der Waals surface area contributed by atoms with Crippen molar-refractivity contribution in [3.8, 4) is 0 Å². The summed E-state index contributed by atoms with van der Waals surface area (Å²) in [7, 11) is 0. The van der Waals surface area contributed by atoms with Crippen LogP contribution in [0.15, 0.2) is 54.6 Å². The number of hydrogen-bond donors (Lipinski definition) is 1. The minimum Gasteiger partial charge on any atom is -0.322 e. The van der Waals surface area contributed by atoms with Crippen LogP contribution >= 0.6 is 0 Å². The maximum Gasteiger partial charge on any atom is 0.255 e. The van der Waals surface area contributed by atoms with Crippen LogP contribution in [-0.2, 0) is 9.59 Å². The van der Waals surface area contributed by atoms with Gasteiger partial charge in [0.25, 0.3) is 5.91 Å². The van der Waals surface area contributed by atoms with Crippen molar-refractivity contribution in [3.63, 3.8) is 0 Å². The molecule has 1 saturated carbocycles. The summed E-state index contributed by atoms with van der Waals surface area (Å²) in [4.78, 5) is 39.8. The molecule has 1 aliphatic heterocycles. The third-order valence-corrected chi connectivity index (χ3v) is 6.50. The Bertz CT molecular complexity index is 1040. The monoisotopic (exact) mass is 386 g/mol. The van der Waals surface area contributed by atoms with E-state index in [0.717, 1.165) is 23.2 Å². The van der Waals surface area contributed by atoms with Crippen LogP contribution in [0.4, 0.5) is 11.4 Å². The fraction of sp³-hybridized carbons (Fsp3) is 0.292. The van der Waals surface area contributed by atoms with Gasteiger partial charge in [-0.25, -0.2) is 0 Å². The Hall–Kier alpha value is -3.21. The Morgan fingerprint density at radius 2 is 1.55 bits per heavy atom. The third kappa shape index (κ3) is 2.72. The number of anilines is 2. The maximum absolute atomic E-state index is 12.9. The lowest BCUT2D eigenvalue weighted by Crippen LogP contribution is -2.32. The number of allylic oxidation sites excluding steroid dienone is 2. The minimum absolute atomic E-state index is 0.107. The lowest BCUT2D eigenvalue weighted by atomic mass is 9.85. The van der Waals surface area contributed by atoms with Crippen molar-refractivity contribution < 1.29 is 14.4 Å². The van der Waals surface area contributed by atoms with Crippen LogP contribution in [0, 0.1) is 37.5 Å². The number of benzene rings is 2. The summed E-state index contributed by atoms with van der Waals surface area (Å²) in [5.41, 5.74) is 3.86. The molecule has 5 rings (SSSR count). The summed E-state index contributed by atoms with van der Waals surface area (Å²) >= 11 is 0. The summed E-state index contributed by atoms with van der Waals surface area (Å²) < 4.78 is 0. The van der Waals surface area contributed by atoms with Gasteiger partial charge in [0.2, 0.25) is 11.8 Å². The lowest BCUT2D eigenvalue weighted by molar-refractivity contribution is -0.123. The van der Waals surface area contributed by atoms with Gasteiger partial charge in [0.15, 0.2) is 0 Å². The fourth-order valence-corrected chi connectivity index (χ4v) is 4.98. The van der Waals surface area contributed by atoms with Crippen molar-refractivity contribution in [2.24, 2.45) is 23.7 Å². The van der Waals surface area contributed by atoms with Gasteiger partial charge in [-0.2, -0.15) is 0 Å². The molecule has 2 aromatic carbocycles. The molecule has 1 saturated heterocycles. The summed E-state index contributed by atoms with van der Waals surface area (Å²) in [6, 6.07) is 12.6. The Kier molecular flexibility index (Phi) is 3.95. The van der Waals surface area contributed by atoms with Crippen LogP contribution in [0.5, 0.6) is 0 Å². The van der Waals surface area contributed by atoms with Gasteiger partial charge >= 0.3 is 0 Å². The molecule has 0 unspecified atom stereocenters. The van der Waals surface area contributed by atoms with Gasteiger partial charge in [0, 0.05) is 11.3 Å². The largest absolute Gasteiger partial charge is 0.322 e. The summed E-state index contributed by atoms with van der Waals surface area (Å²) in [5.74, 6) is -0.491. The zero-order chi connectivity index (χ0) is 20.3.